The minimum atomic E-state index is -5.11. The summed E-state index contributed by atoms with van der Waals surface area (Å²) in [4.78, 5) is 18.6. The van der Waals surface area contributed by atoms with E-state index >= 15 is 8.78 Å². The van der Waals surface area contributed by atoms with E-state index in [1.54, 1.807) is 0 Å². The molecule has 21 heteroatoms. The molecule has 59 heavy (non-hydrogen) atoms. The Kier molecular flexibility index (Phi) is 11.6. The third kappa shape index (κ3) is 9.17. The SMILES string of the molecule is COCC(C)(O)C#Cc1ccc(-c2ccc(Cl)c3c(NS(C)(=O)=O)nn(C)c23)c([C@H](Cc2cc(F)cc(F)c2)NC(=O)Cn2nc(C(F)(F)F)c3c2C(F)(F)[C@H](C)C3)n1. The average Bonchev–Trinajstić information content (AvgIpc) is 3.71. The van der Waals surface area contributed by atoms with Gasteiger partial charge in [0.15, 0.2) is 11.5 Å². The Morgan fingerprint density at radius 2 is 1.78 bits per heavy atom. The van der Waals surface area contributed by atoms with Gasteiger partial charge in [-0.05, 0) is 61.6 Å². The van der Waals surface area contributed by atoms with Gasteiger partial charge in [-0.2, -0.15) is 32.1 Å². The van der Waals surface area contributed by atoms with Crippen LogP contribution >= 0.6 is 11.6 Å². The summed E-state index contributed by atoms with van der Waals surface area (Å²) in [5.41, 5.74) is -4.39. The molecule has 0 saturated heterocycles. The Morgan fingerprint density at radius 1 is 1.12 bits per heavy atom. The fourth-order valence-corrected chi connectivity index (χ4v) is 7.76. The van der Waals surface area contributed by atoms with Crippen LogP contribution in [0.15, 0.2) is 42.5 Å². The van der Waals surface area contributed by atoms with Crippen LogP contribution in [0.25, 0.3) is 22.0 Å². The number of ether oxygens (including phenoxy) is 1. The van der Waals surface area contributed by atoms with Gasteiger partial charge in [-0.1, -0.05) is 30.5 Å². The van der Waals surface area contributed by atoms with Crippen LogP contribution in [0.2, 0.25) is 5.02 Å². The molecule has 6 rings (SSSR count). The molecule has 314 valence electrons. The van der Waals surface area contributed by atoms with Crippen molar-refractivity contribution in [2.24, 2.45) is 13.0 Å². The van der Waals surface area contributed by atoms with E-state index < -0.39 is 93.6 Å². The van der Waals surface area contributed by atoms with E-state index in [0.29, 0.717) is 10.7 Å². The Labute approximate surface area is 337 Å². The second-order valence-electron chi connectivity index (χ2n) is 14.4. The largest absolute Gasteiger partial charge is 0.435 e. The summed E-state index contributed by atoms with van der Waals surface area (Å²) in [5, 5.41) is 21.2. The van der Waals surface area contributed by atoms with Crippen LogP contribution in [0, 0.1) is 29.4 Å². The van der Waals surface area contributed by atoms with Gasteiger partial charge in [0.25, 0.3) is 5.92 Å². The quantitative estimate of drug-likeness (QED) is 0.104. The predicted molar refractivity (Wildman–Crippen MR) is 202 cm³/mol. The molecular weight excluding hydrogens is 835 g/mol. The summed E-state index contributed by atoms with van der Waals surface area (Å²) >= 11 is 6.57. The van der Waals surface area contributed by atoms with Crippen LogP contribution < -0.4 is 10.0 Å². The van der Waals surface area contributed by atoms with Crippen molar-refractivity contribution in [3.63, 3.8) is 0 Å². The number of alkyl halides is 5. The Bertz CT molecular complexity index is 2630. The summed E-state index contributed by atoms with van der Waals surface area (Å²) in [6.07, 6.45) is -5.28. The number of aromatic nitrogens is 5. The summed E-state index contributed by atoms with van der Waals surface area (Å²) < 4.78 is 135. The molecule has 0 fully saturated rings. The lowest BCUT2D eigenvalue weighted by Crippen LogP contribution is -2.35. The number of methoxy groups -OCH3 is 1. The second-order valence-corrected chi connectivity index (χ2v) is 16.6. The highest BCUT2D eigenvalue weighted by Crippen LogP contribution is 2.49. The van der Waals surface area contributed by atoms with Crippen LogP contribution in [-0.2, 0) is 58.1 Å². The van der Waals surface area contributed by atoms with Crippen LogP contribution in [-0.4, -0.2) is 69.5 Å². The molecule has 1 amide bonds. The molecule has 0 saturated carbocycles. The number of anilines is 1. The van der Waals surface area contributed by atoms with Crippen molar-refractivity contribution >= 4 is 44.3 Å². The maximum atomic E-state index is 15.4. The van der Waals surface area contributed by atoms with Gasteiger partial charge in [-0.15, -0.1) is 0 Å². The molecule has 0 bridgehead atoms. The van der Waals surface area contributed by atoms with Crippen molar-refractivity contribution < 1.29 is 53.8 Å². The van der Waals surface area contributed by atoms with Crippen LogP contribution in [0.1, 0.15) is 53.8 Å². The first-order valence-electron chi connectivity index (χ1n) is 17.6. The third-order valence-electron chi connectivity index (χ3n) is 9.40. The lowest BCUT2D eigenvalue weighted by atomic mass is 9.93. The van der Waals surface area contributed by atoms with E-state index in [4.69, 9.17) is 16.3 Å². The Hall–Kier alpha value is -5.23. The summed E-state index contributed by atoms with van der Waals surface area (Å²) in [5.74, 6) is -3.19. The highest BCUT2D eigenvalue weighted by Gasteiger charge is 2.54. The first-order chi connectivity index (χ1) is 27.4. The molecule has 3 aromatic heterocycles. The first kappa shape index (κ1) is 43.4. The van der Waals surface area contributed by atoms with Gasteiger partial charge in [-0.3, -0.25) is 18.9 Å². The number of carbonyl (C=O) groups is 1. The van der Waals surface area contributed by atoms with Crippen molar-refractivity contribution in [2.45, 2.75) is 57.0 Å². The van der Waals surface area contributed by atoms with Crippen molar-refractivity contribution in [3.05, 3.63) is 93.0 Å². The van der Waals surface area contributed by atoms with E-state index in [0.717, 1.165) is 25.3 Å². The van der Waals surface area contributed by atoms with Crippen molar-refractivity contribution in [2.75, 3.05) is 24.7 Å². The van der Waals surface area contributed by atoms with Gasteiger partial charge in [0.2, 0.25) is 15.9 Å². The minimum absolute atomic E-state index is 0.00668. The number of nitrogens with one attached hydrogen (secondary N) is 2. The summed E-state index contributed by atoms with van der Waals surface area (Å²) in [6.45, 7) is 1.12. The smallest absolute Gasteiger partial charge is 0.381 e. The topological polar surface area (TPSA) is 153 Å². The molecule has 1 aliphatic carbocycles. The molecule has 2 aromatic carbocycles. The zero-order valence-corrected chi connectivity index (χ0v) is 33.3. The maximum Gasteiger partial charge on any atom is 0.435 e. The number of pyridine rings is 1. The van der Waals surface area contributed by atoms with Gasteiger partial charge in [0, 0.05) is 42.8 Å². The predicted octanol–water partition coefficient (Wildman–Crippen LogP) is 6.29. The van der Waals surface area contributed by atoms with Crippen molar-refractivity contribution in [1.29, 1.82) is 0 Å². The first-order valence-corrected chi connectivity index (χ1v) is 19.8. The molecule has 1 aliphatic rings. The standard InChI is InChI=1S/C38H35ClF7N7O5S/c1-19-12-26-33(38(44,45)46)49-53(34(26)37(19,42)43)17-29(54)48-28(15-20-13-21(40)16-22(41)14-20)31-24(7-6-23(47-31)10-11-36(2,55)18-58-4)25-8-9-27(39)30-32(25)52(3)50-35(30)51-59(5,56)57/h6-9,13-14,16,19,28,55H,12,15,17-18H2,1-5H3,(H,48,54)(H,50,51)/t19-,28+,36?/m1/s1. The highest BCUT2D eigenvalue weighted by atomic mass is 35.5. The number of fused-ring (bicyclic) bond motifs is 2. The molecule has 0 spiro atoms. The van der Waals surface area contributed by atoms with E-state index in [9.17, 15) is 40.3 Å². The van der Waals surface area contributed by atoms with Crippen LogP contribution in [0.4, 0.5) is 36.6 Å². The monoisotopic (exact) mass is 869 g/mol. The van der Waals surface area contributed by atoms with Crippen LogP contribution in [0.5, 0.6) is 0 Å². The van der Waals surface area contributed by atoms with Gasteiger partial charge >= 0.3 is 6.18 Å². The number of sulfonamides is 1. The normalized spacial score (nSPS) is 16.6. The highest BCUT2D eigenvalue weighted by molar-refractivity contribution is 7.92. The van der Waals surface area contributed by atoms with E-state index in [1.165, 1.54) is 50.0 Å². The molecule has 0 aliphatic heterocycles. The van der Waals surface area contributed by atoms with Gasteiger partial charge < -0.3 is 15.2 Å². The van der Waals surface area contributed by atoms with Gasteiger partial charge in [0.1, 0.15) is 35.2 Å². The maximum absolute atomic E-state index is 15.4. The molecule has 3 N–H and O–H groups in total. The molecule has 3 heterocycles. The summed E-state index contributed by atoms with van der Waals surface area (Å²) in [6, 6.07) is 7.01. The van der Waals surface area contributed by atoms with E-state index in [1.807, 2.05) is 0 Å². The molecule has 1 unspecified atom stereocenters. The Morgan fingerprint density at radius 3 is 2.41 bits per heavy atom. The average molecular weight is 870 g/mol. The van der Waals surface area contributed by atoms with Gasteiger partial charge in [-0.25, -0.2) is 22.2 Å². The van der Waals surface area contributed by atoms with Crippen molar-refractivity contribution in [1.82, 2.24) is 29.9 Å². The Balaban J connectivity index is 1.55. The second kappa shape index (κ2) is 15.7. The fourth-order valence-electron chi connectivity index (χ4n) is 7.03. The zero-order valence-electron chi connectivity index (χ0n) is 31.8. The van der Waals surface area contributed by atoms with Crippen LogP contribution in [0.3, 0.4) is 0 Å². The number of carbonyl (C=O) groups excluding carboxylic acids is 1. The minimum Gasteiger partial charge on any atom is -0.381 e. The van der Waals surface area contributed by atoms with Gasteiger partial charge in [0.05, 0.1) is 40.5 Å². The molecule has 5 aromatic rings. The number of nitrogens with zero attached hydrogens (tertiary/aromatic N) is 5. The number of benzene rings is 2. The molecular formula is C38H35ClF7N7O5S. The lowest BCUT2D eigenvalue weighted by molar-refractivity contribution is -0.142. The fraction of sp³-hybridized carbons (Fsp3) is 0.368. The van der Waals surface area contributed by atoms with E-state index in [-0.39, 0.29) is 56.4 Å². The number of hydrogen-bond acceptors (Lipinski definition) is 8. The number of rotatable bonds is 11. The van der Waals surface area contributed by atoms with Crippen molar-refractivity contribution in [3.8, 4) is 23.0 Å². The molecule has 12 nitrogen and oxygen atoms in total. The number of halogens is 8. The van der Waals surface area contributed by atoms with E-state index in [2.05, 4.69) is 37.1 Å². The number of hydrogen-bond donors (Lipinski definition) is 3. The number of amides is 1. The molecule has 3 atom stereocenters. The number of aryl methyl sites for hydroxylation is 1. The lowest BCUT2D eigenvalue weighted by Gasteiger charge is -2.23. The third-order valence-corrected chi connectivity index (χ3v) is 10.3. The molecule has 0 radical (unpaired) electrons. The number of aliphatic hydroxyl groups is 1. The summed E-state index contributed by atoms with van der Waals surface area (Å²) in [7, 11) is -1.04. The zero-order chi connectivity index (χ0) is 43.4.